The first-order valence-corrected chi connectivity index (χ1v) is 7.36. The lowest BCUT2D eigenvalue weighted by atomic mass is 10.1. The second-order valence-electron chi connectivity index (χ2n) is 4.82. The molecule has 0 saturated carbocycles. The van der Waals surface area contributed by atoms with Gasteiger partial charge in [0.05, 0.1) is 6.04 Å². The maximum Gasteiger partial charge on any atom is 0.247 e. The summed E-state index contributed by atoms with van der Waals surface area (Å²) in [5, 5.41) is 12.4. The normalized spacial score (nSPS) is 12.6. The molecule has 2 aromatic rings. The first kappa shape index (κ1) is 15.0. The Morgan fingerprint density at radius 1 is 1.30 bits per heavy atom. The quantitative estimate of drug-likeness (QED) is 0.869. The van der Waals surface area contributed by atoms with Gasteiger partial charge in [-0.15, -0.1) is 10.2 Å². The van der Waals surface area contributed by atoms with E-state index in [1.165, 1.54) is 0 Å². The fraction of sp³-hybridized carbons (Fsp3) is 0.467. The van der Waals surface area contributed by atoms with Gasteiger partial charge >= 0.3 is 0 Å². The number of aromatic nitrogens is 2. The molecule has 1 heterocycles. The molecule has 1 aromatic heterocycles. The molecule has 108 valence electrons. The van der Waals surface area contributed by atoms with Crippen molar-refractivity contribution in [3.05, 3.63) is 34.7 Å². The molecule has 2 rings (SSSR count). The Kier molecular flexibility index (Phi) is 5.15. The highest BCUT2D eigenvalue weighted by Gasteiger charge is 2.17. The van der Waals surface area contributed by atoms with Gasteiger partial charge < -0.3 is 9.73 Å². The highest BCUT2D eigenvalue weighted by Crippen LogP contribution is 2.25. The van der Waals surface area contributed by atoms with Gasteiger partial charge in [0.2, 0.25) is 11.8 Å². The molecule has 1 N–H and O–H groups in total. The van der Waals surface area contributed by atoms with Gasteiger partial charge in [0.25, 0.3) is 0 Å². The van der Waals surface area contributed by atoms with E-state index in [0.717, 1.165) is 35.5 Å². The molecule has 0 saturated heterocycles. The number of aryl methyl sites for hydroxylation is 1. The van der Waals surface area contributed by atoms with Crippen molar-refractivity contribution in [2.75, 3.05) is 6.54 Å². The van der Waals surface area contributed by atoms with Crippen LogP contribution < -0.4 is 5.32 Å². The number of hydrogen-bond donors (Lipinski definition) is 1. The predicted molar refractivity (Wildman–Crippen MR) is 80.8 cm³/mol. The second-order valence-corrected chi connectivity index (χ2v) is 5.23. The van der Waals surface area contributed by atoms with E-state index in [-0.39, 0.29) is 6.04 Å². The van der Waals surface area contributed by atoms with Crippen LogP contribution in [0.4, 0.5) is 0 Å². The zero-order chi connectivity index (χ0) is 14.5. The molecule has 0 radical (unpaired) electrons. The van der Waals surface area contributed by atoms with E-state index in [9.17, 15) is 0 Å². The van der Waals surface area contributed by atoms with Crippen LogP contribution in [0.15, 0.2) is 22.6 Å². The van der Waals surface area contributed by atoms with E-state index >= 15 is 0 Å². The SMILES string of the molecule is CCCNC(CC)c1nnc(-c2ccc(Cl)c(C)c2)o1. The molecule has 0 aliphatic heterocycles. The molecule has 0 bridgehead atoms. The Hall–Kier alpha value is -1.39. The lowest BCUT2D eigenvalue weighted by Gasteiger charge is -2.11. The average Bonchev–Trinajstić information content (AvgIpc) is 2.92. The van der Waals surface area contributed by atoms with Crippen molar-refractivity contribution in [2.24, 2.45) is 0 Å². The topological polar surface area (TPSA) is 51.0 Å². The highest BCUT2D eigenvalue weighted by atomic mass is 35.5. The van der Waals surface area contributed by atoms with Crippen LogP contribution in [0.2, 0.25) is 5.02 Å². The van der Waals surface area contributed by atoms with Crippen molar-refractivity contribution in [1.29, 1.82) is 0 Å². The summed E-state index contributed by atoms with van der Waals surface area (Å²) in [5.41, 5.74) is 1.90. The third-order valence-electron chi connectivity index (χ3n) is 3.19. The Morgan fingerprint density at radius 2 is 2.10 bits per heavy atom. The molecule has 4 nitrogen and oxygen atoms in total. The smallest absolute Gasteiger partial charge is 0.247 e. The molecule has 0 spiro atoms. The summed E-state index contributed by atoms with van der Waals surface area (Å²) in [6, 6.07) is 5.82. The molecule has 1 aromatic carbocycles. The number of halogens is 1. The Labute approximate surface area is 124 Å². The molecule has 0 aliphatic carbocycles. The summed E-state index contributed by atoms with van der Waals surface area (Å²) < 4.78 is 5.79. The van der Waals surface area contributed by atoms with Gasteiger partial charge in [0, 0.05) is 10.6 Å². The fourth-order valence-corrected chi connectivity index (χ4v) is 2.11. The predicted octanol–water partition coefficient (Wildman–Crippen LogP) is 4.15. The van der Waals surface area contributed by atoms with Gasteiger partial charge in [-0.3, -0.25) is 0 Å². The Balaban J connectivity index is 2.20. The van der Waals surface area contributed by atoms with Crippen molar-refractivity contribution >= 4 is 11.6 Å². The second kappa shape index (κ2) is 6.86. The molecular formula is C15H20ClN3O. The lowest BCUT2D eigenvalue weighted by Crippen LogP contribution is -2.21. The van der Waals surface area contributed by atoms with E-state index in [0.29, 0.717) is 11.8 Å². The van der Waals surface area contributed by atoms with Crippen molar-refractivity contribution in [2.45, 2.75) is 39.7 Å². The summed E-state index contributed by atoms with van der Waals surface area (Å²) in [4.78, 5) is 0. The Bertz CT molecular complexity index is 568. The van der Waals surface area contributed by atoms with Crippen LogP contribution in [0, 0.1) is 6.92 Å². The zero-order valence-electron chi connectivity index (χ0n) is 12.1. The number of nitrogens with one attached hydrogen (secondary N) is 1. The molecule has 0 amide bonds. The van der Waals surface area contributed by atoms with Gasteiger partial charge in [-0.25, -0.2) is 0 Å². The standard InChI is InChI=1S/C15H20ClN3O/c1-4-8-17-13(5-2)15-19-18-14(20-15)11-6-7-12(16)10(3)9-11/h6-7,9,13,17H,4-5,8H2,1-3H3. The van der Waals surface area contributed by atoms with Gasteiger partial charge in [-0.05, 0) is 50.1 Å². The third kappa shape index (κ3) is 3.38. The van der Waals surface area contributed by atoms with Crippen molar-refractivity contribution < 1.29 is 4.42 Å². The largest absolute Gasteiger partial charge is 0.419 e. The molecular weight excluding hydrogens is 274 g/mol. The van der Waals surface area contributed by atoms with Crippen LogP contribution in [0.1, 0.15) is 44.2 Å². The monoisotopic (exact) mass is 293 g/mol. The van der Waals surface area contributed by atoms with Crippen molar-refractivity contribution in [1.82, 2.24) is 15.5 Å². The van der Waals surface area contributed by atoms with Crippen molar-refractivity contribution in [3.8, 4) is 11.5 Å². The maximum absolute atomic E-state index is 6.03. The summed E-state index contributed by atoms with van der Waals surface area (Å²) in [7, 11) is 0. The number of nitrogens with zero attached hydrogens (tertiary/aromatic N) is 2. The van der Waals surface area contributed by atoms with Crippen molar-refractivity contribution in [3.63, 3.8) is 0 Å². The first-order valence-electron chi connectivity index (χ1n) is 6.99. The van der Waals surface area contributed by atoms with E-state index in [4.69, 9.17) is 16.0 Å². The van der Waals surface area contributed by atoms with Gasteiger partial charge in [-0.2, -0.15) is 0 Å². The number of rotatable bonds is 6. The number of benzene rings is 1. The summed E-state index contributed by atoms with van der Waals surface area (Å²) in [6.07, 6.45) is 2.00. The minimum Gasteiger partial charge on any atom is -0.419 e. The van der Waals surface area contributed by atoms with Crippen LogP contribution in [-0.2, 0) is 0 Å². The van der Waals surface area contributed by atoms with Gasteiger partial charge in [0.1, 0.15) is 0 Å². The van der Waals surface area contributed by atoms with Gasteiger partial charge in [-0.1, -0.05) is 25.4 Å². The van der Waals surface area contributed by atoms with Crippen LogP contribution in [-0.4, -0.2) is 16.7 Å². The summed E-state index contributed by atoms with van der Waals surface area (Å²) in [5.74, 6) is 1.18. The molecule has 1 atom stereocenters. The molecule has 0 fully saturated rings. The third-order valence-corrected chi connectivity index (χ3v) is 3.62. The van der Waals surface area contributed by atoms with E-state index in [2.05, 4.69) is 29.4 Å². The van der Waals surface area contributed by atoms with Crippen LogP contribution in [0.3, 0.4) is 0 Å². The van der Waals surface area contributed by atoms with Gasteiger partial charge in [0.15, 0.2) is 0 Å². The molecule has 20 heavy (non-hydrogen) atoms. The summed E-state index contributed by atoms with van der Waals surface area (Å²) in [6.45, 7) is 7.14. The van der Waals surface area contributed by atoms with E-state index < -0.39 is 0 Å². The first-order chi connectivity index (χ1) is 9.65. The van der Waals surface area contributed by atoms with E-state index in [1.807, 2.05) is 25.1 Å². The molecule has 5 heteroatoms. The zero-order valence-corrected chi connectivity index (χ0v) is 12.9. The minimum atomic E-state index is 0.115. The molecule has 1 unspecified atom stereocenters. The van der Waals surface area contributed by atoms with E-state index in [1.54, 1.807) is 0 Å². The average molecular weight is 294 g/mol. The maximum atomic E-state index is 6.03. The Morgan fingerprint density at radius 3 is 2.75 bits per heavy atom. The summed E-state index contributed by atoms with van der Waals surface area (Å²) >= 11 is 6.03. The minimum absolute atomic E-state index is 0.115. The lowest BCUT2D eigenvalue weighted by molar-refractivity contribution is 0.396. The highest BCUT2D eigenvalue weighted by molar-refractivity contribution is 6.31. The van der Waals surface area contributed by atoms with Crippen LogP contribution >= 0.6 is 11.6 Å². The van der Waals surface area contributed by atoms with Crippen LogP contribution in [0.25, 0.3) is 11.5 Å². The fourth-order valence-electron chi connectivity index (χ4n) is 1.99. The number of hydrogen-bond acceptors (Lipinski definition) is 4. The van der Waals surface area contributed by atoms with Crippen LogP contribution in [0.5, 0.6) is 0 Å². The molecule has 0 aliphatic rings.